The SMILES string of the molecule is FC(F)(F)Oc1ccc(Cc2cccc(C3OC(COCc4ccccc4)C(OCc4ccccc4)C(OCc4ccccc4)C3OCc3ccccc3)c2)cc1. The van der Waals surface area contributed by atoms with Gasteiger partial charge in [-0.2, -0.15) is 0 Å². The van der Waals surface area contributed by atoms with Crippen molar-refractivity contribution >= 4 is 0 Å². The molecular formula is C48H45F3O6. The Morgan fingerprint density at radius 2 is 0.930 bits per heavy atom. The molecule has 0 spiro atoms. The van der Waals surface area contributed by atoms with Crippen LogP contribution in [-0.2, 0) is 56.5 Å². The molecule has 9 heteroatoms. The molecule has 0 saturated carbocycles. The summed E-state index contributed by atoms with van der Waals surface area (Å²) in [4.78, 5) is 0. The highest BCUT2D eigenvalue weighted by Gasteiger charge is 2.49. The third kappa shape index (κ3) is 11.9. The lowest BCUT2D eigenvalue weighted by atomic mass is 9.89. The quantitative estimate of drug-likeness (QED) is 0.0920. The molecule has 1 aliphatic heterocycles. The third-order valence-electron chi connectivity index (χ3n) is 9.73. The number of rotatable bonds is 17. The summed E-state index contributed by atoms with van der Waals surface area (Å²) in [6.45, 7) is 1.58. The minimum absolute atomic E-state index is 0.230. The minimum atomic E-state index is -4.76. The van der Waals surface area contributed by atoms with E-state index in [-0.39, 0.29) is 12.4 Å². The van der Waals surface area contributed by atoms with Crippen molar-refractivity contribution in [2.24, 2.45) is 0 Å². The molecule has 1 saturated heterocycles. The Kier molecular flexibility index (Phi) is 13.8. The Hall–Kier alpha value is -5.29. The van der Waals surface area contributed by atoms with Gasteiger partial charge in [-0.1, -0.05) is 158 Å². The molecule has 1 fully saturated rings. The van der Waals surface area contributed by atoms with Crippen LogP contribution in [0.2, 0.25) is 0 Å². The summed E-state index contributed by atoms with van der Waals surface area (Å²) in [6.07, 6.45) is -7.22. The van der Waals surface area contributed by atoms with Gasteiger partial charge in [0.2, 0.25) is 0 Å². The van der Waals surface area contributed by atoms with Gasteiger partial charge >= 0.3 is 6.36 Å². The monoisotopic (exact) mass is 774 g/mol. The Morgan fingerprint density at radius 1 is 0.456 bits per heavy atom. The van der Waals surface area contributed by atoms with Crippen molar-refractivity contribution in [3.63, 3.8) is 0 Å². The second kappa shape index (κ2) is 19.7. The van der Waals surface area contributed by atoms with E-state index in [1.807, 2.05) is 140 Å². The lowest BCUT2D eigenvalue weighted by Crippen LogP contribution is -2.58. The molecule has 0 amide bonds. The molecule has 0 radical (unpaired) electrons. The van der Waals surface area contributed by atoms with Gasteiger partial charge in [-0.3, -0.25) is 0 Å². The predicted molar refractivity (Wildman–Crippen MR) is 211 cm³/mol. The number of ether oxygens (including phenoxy) is 6. The Balaban J connectivity index is 1.22. The highest BCUT2D eigenvalue weighted by atomic mass is 19.4. The molecule has 0 aromatic heterocycles. The molecule has 0 bridgehead atoms. The molecule has 5 unspecified atom stereocenters. The lowest BCUT2D eigenvalue weighted by Gasteiger charge is -2.46. The van der Waals surface area contributed by atoms with Crippen molar-refractivity contribution in [3.8, 4) is 5.75 Å². The van der Waals surface area contributed by atoms with Gasteiger partial charge in [0.25, 0.3) is 0 Å². The van der Waals surface area contributed by atoms with Crippen LogP contribution < -0.4 is 4.74 Å². The van der Waals surface area contributed by atoms with E-state index in [9.17, 15) is 13.2 Å². The summed E-state index contributed by atoms with van der Waals surface area (Å²) in [5.74, 6) is -0.264. The number of hydrogen-bond donors (Lipinski definition) is 0. The van der Waals surface area contributed by atoms with Gasteiger partial charge < -0.3 is 28.4 Å². The Bertz CT molecular complexity index is 2070. The predicted octanol–water partition coefficient (Wildman–Crippen LogP) is 10.6. The Morgan fingerprint density at radius 3 is 1.46 bits per heavy atom. The summed E-state index contributed by atoms with van der Waals surface area (Å²) in [6, 6.07) is 53.9. The Labute approximate surface area is 331 Å². The van der Waals surface area contributed by atoms with Crippen LogP contribution >= 0.6 is 0 Å². The van der Waals surface area contributed by atoms with Crippen LogP contribution in [0.25, 0.3) is 0 Å². The molecule has 5 atom stereocenters. The zero-order valence-electron chi connectivity index (χ0n) is 31.4. The van der Waals surface area contributed by atoms with Crippen LogP contribution in [0.3, 0.4) is 0 Å². The largest absolute Gasteiger partial charge is 0.573 e. The normalized spacial score (nSPS) is 19.6. The summed E-state index contributed by atoms with van der Waals surface area (Å²) in [5.41, 5.74) is 6.70. The van der Waals surface area contributed by atoms with Crippen molar-refractivity contribution in [2.45, 2.75) is 69.7 Å². The fraction of sp³-hybridized carbons (Fsp3) is 0.250. The molecule has 294 valence electrons. The van der Waals surface area contributed by atoms with Crippen molar-refractivity contribution in [2.75, 3.05) is 6.61 Å². The first kappa shape index (κ1) is 39.9. The highest BCUT2D eigenvalue weighted by Crippen LogP contribution is 2.39. The average molecular weight is 775 g/mol. The number of benzene rings is 6. The average Bonchev–Trinajstić information content (AvgIpc) is 3.23. The topological polar surface area (TPSA) is 55.4 Å². The molecule has 57 heavy (non-hydrogen) atoms. The van der Waals surface area contributed by atoms with Crippen molar-refractivity contribution in [3.05, 3.63) is 209 Å². The van der Waals surface area contributed by atoms with Crippen molar-refractivity contribution < 1.29 is 41.6 Å². The van der Waals surface area contributed by atoms with Crippen LogP contribution in [-0.4, -0.2) is 37.4 Å². The molecule has 1 aliphatic rings. The van der Waals surface area contributed by atoms with E-state index in [4.69, 9.17) is 23.7 Å². The van der Waals surface area contributed by atoms with E-state index >= 15 is 0 Å². The smallest absolute Gasteiger partial charge is 0.406 e. The first-order chi connectivity index (χ1) is 27.9. The van der Waals surface area contributed by atoms with Gasteiger partial charge in [0.15, 0.2) is 0 Å². The third-order valence-corrected chi connectivity index (χ3v) is 9.73. The van der Waals surface area contributed by atoms with Gasteiger partial charge in [-0.15, -0.1) is 13.2 Å². The van der Waals surface area contributed by atoms with Gasteiger partial charge in [-0.25, -0.2) is 0 Å². The molecule has 6 aromatic rings. The molecular weight excluding hydrogens is 730 g/mol. The van der Waals surface area contributed by atoms with Crippen LogP contribution in [0.5, 0.6) is 5.75 Å². The van der Waals surface area contributed by atoms with E-state index in [1.165, 1.54) is 12.1 Å². The second-order valence-corrected chi connectivity index (χ2v) is 14.0. The van der Waals surface area contributed by atoms with E-state index < -0.39 is 36.9 Å². The fourth-order valence-corrected chi connectivity index (χ4v) is 6.98. The van der Waals surface area contributed by atoms with Crippen LogP contribution in [0, 0.1) is 0 Å². The fourth-order valence-electron chi connectivity index (χ4n) is 6.98. The van der Waals surface area contributed by atoms with Gasteiger partial charge in [0.05, 0.1) is 33.0 Å². The summed E-state index contributed by atoms with van der Waals surface area (Å²) in [5, 5.41) is 0. The van der Waals surface area contributed by atoms with E-state index in [2.05, 4.69) is 10.8 Å². The highest BCUT2D eigenvalue weighted by molar-refractivity contribution is 5.34. The maximum atomic E-state index is 12.8. The molecule has 1 heterocycles. The molecule has 0 N–H and O–H groups in total. The van der Waals surface area contributed by atoms with Gasteiger partial charge in [-0.05, 0) is 57.5 Å². The maximum absolute atomic E-state index is 12.8. The van der Waals surface area contributed by atoms with Crippen molar-refractivity contribution in [1.82, 2.24) is 0 Å². The number of hydrogen-bond acceptors (Lipinski definition) is 6. The summed E-state index contributed by atoms with van der Waals surface area (Å²) >= 11 is 0. The maximum Gasteiger partial charge on any atom is 0.573 e. The van der Waals surface area contributed by atoms with E-state index in [0.29, 0.717) is 32.8 Å². The lowest BCUT2D eigenvalue weighted by molar-refractivity contribution is -0.275. The standard InChI is InChI=1S/C48H45F3O6/c49-48(50,51)57-42-26-24-35(25-27-42)28-40-22-13-23-41(29-40)44-46(54-32-38-18-9-3-10-19-38)47(55-33-39-20-11-4-12-21-39)45(53-31-37-16-7-2-8-17-37)43(56-44)34-52-30-36-14-5-1-6-15-36/h1-27,29,43-47H,28,30-34H2. The zero-order chi connectivity index (χ0) is 39.3. The summed E-state index contributed by atoms with van der Waals surface area (Å²) in [7, 11) is 0. The van der Waals surface area contributed by atoms with Crippen LogP contribution in [0.1, 0.15) is 45.0 Å². The van der Waals surface area contributed by atoms with Gasteiger partial charge in [0.1, 0.15) is 36.3 Å². The van der Waals surface area contributed by atoms with E-state index in [1.54, 1.807) is 12.1 Å². The van der Waals surface area contributed by atoms with Crippen LogP contribution in [0.4, 0.5) is 13.2 Å². The van der Waals surface area contributed by atoms with Crippen LogP contribution in [0.15, 0.2) is 170 Å². The minimum Gasteiger partial charge on any atom is -0.406 e. The number of halogens is 3. The molecule has 6 aromatic carbocycles. The molecule has 7 rings (SSSR count). The first-order valence-corrected chi connectivity index (χ1v) is 19.0. The number of alkyl halides is 3. The van der Waals surface area contributed by atoms with Crippen molar-refractivity contribution in [1.29, 1.82) is 0 Å². The molecule has 0 aliphatic carbocycles. The zero-order valence-corrected chi connectivity index (χ0v) is 31.4. The first-order valence-electron chi connectivity index (χ1n) is 19.0. The second-order valence-electron chi connectivity index (χ2n) is 14.0. The summed E-state index contributed by atoms with van der Waals surface area (Å²) < 4.78 is 76.5. The van der Waals surface area contributed by atoms with E-state index in [0.717, 1.165) is 38.9 Å². The molecule has 6 nitrogen and oxygen atoms in total. The van der Waals surface area contributed by atoms with Gasteiger partial charge in [0, 0.05) is 0 Å².